The SMILES string of the molecule is [2H]C([2H])(OC(=O)C(F)(F)F)Sc1c(C)c(C)c(SC)c(C)c1C. The van der Waals surface area contributed by atoms with Gasteiger partial charge in [-0.2, -0.15) is 13.2 Å². The van der Waals surface area contributed by atoms with Crippen LogP contribution in [0.1, 0.15) is 25.0 Å². The minimum atomic E-state index is -5.23. The van der Waals surface area contributed by atoms with Crippen LogP contribution in [0.15, 0.2) is 9.79 Å². The first-order chi connectivity index (χ1) is 10.3. The zero-order valence-corrected chi connectivity index (χ0v) is 13.9. The molecule has 0 saturated heterocycles. The van der Waals surface area contributed by atoms with Gasteiger partial charge < -0.3 is 4.74 Å². The number of rotatable bonds is 4. The highest BCUT2D eigenvalue weighted by Gasteiger charge is 2.40. The number of benzene rings is 1. The lowest BCUT2D eigenvalue weighted by Crippen LogP contribution is -2.25. The third-order valence-corrected chi connectivity index (χ3v) is 5.20. The third-order valence-electron chi connectivity index (χ3n) is 3.20. The Hall–Kier alpha value is -0.820. The smallest absolute Gasteiger partial charge is 0.448 e. The highest BCUT2D eigenvalue weighted by Crippen LogP contribution is 2.37. The van der Waals surface area contributed by atoms with Gasteiger partial charge in [-0.1, -0.05) is 11.8 Å². The number of hydrogen-bond acceptors (Lipinski definition) is 4. The van der Waals surface area contributed by atoms with Gasteiger partial charge in [0, 0.05) is 9.79 Å². The van der Waals surface area contributed by atoms with E-state index in [9.17, 15) is 18.0 Å². The van der Waals surface area contributed by atoms with E-state index in [0.29, 0.717) is 16.7 Å². The zero-order chi connectivity index (χ0) is 18.2. The molecule has 0 atom stereocenters. The van der Waals surface area contributed by atoms with Crippen molar-refractivity contribution >= 4 is 29.5 Å². The largest absolute Gasteiger partial charge is 0.490 e. The molecule has 0 N–H and O–H groups in total. The fraction of sp³-hybridized carbons (Fsp3) is 0.500. The van der Waals surface area contributed by atoms with E-state index in [4.69, 9.17) is 2.74 Å². The van der Waals surface area contributed by atoms with E-state index in [1.807, 2.05) is 20.1 Å². The first-order valence-corrected chi connectivity index (χ1v) is 7.99. The molecule has 0 heterocycles. The van der Waals surface area contributed by atoms with Crippen LogP contribution < -0.4 is 0 Å². The molecule has 0 spiro atoms. The molecule has 7 heteroatoms. The maximum Gasteiger partial charge on any atom is 0.490 e. The van der Waals surface area contributed by atoms with Crippen molar-refractivity contribution in [1.82, 2.24) is 0 Å². The fourth-order valence-corrected chi connectivity index (χ4v) is 3.59. The molecule has 0 aromatic heterocycles. The summed E-state index contributed by atoms with van der Waals surface area (Å²) < 4.78 is 55.9. The average Bonchev–Trinajstić information content (AvgIpc) is 2.40. The fourth-order valence-electron chi connectivity index (χ4n) is 1.86. The summed E-state index contributed by atoms with van der Waals surface area (Å²) in [5, 5.41) is 0. The monoisotopic (exact) mass is 340 g/mol. The van der Waals surface area contributed by atoms with E-state index < -0.39 is 18.0 Å². The second-order valence-corrected chi connectivity index (χ2v) is 6.03. The van der Waals surface area contributed by atoms with E-state index in [1.54, 1.807) is 25.6 Å². The lowest BCUT2D eigenvalue weighted by molar-refractivity contribution is -0.197. The molecule has 1 aromatic rings. The van der Waals surface area contributed by atoms with Gasteiger partial charge >= 0.3 is 12.1 Å². The van der Waals surface area contributed by atoms with Gasteiger partial charge in [-0.05, 0) is 56.2 Å². The Morgan fingerprint density at radius 3 is 1.90 bits per heavy atom. The standard InChI is InChI=1S/C14H17F3O2S2/c1-7-9(3)12(10(4)8(2)11(7)20-5)21-6-19-13(18)14(15,16)17/h6H2,1-5H3/i6D2. The summed E-state index contributed by atoms with van der Waals surface area (Å²) in [5.74, 6) is -5.36. The van der Waals surface area contributed by atoms with Crippen molar-refractivity contribution in [2.45, 2.75) is 43.7 Å². The normalized spacial score (nSPS) is 13.7. The van der Waals surface area contributed by atoms with Crippen molar-refractivity contribution in [3.63, 3.8) is 0 Å². The predicted molar refractivity (Wildman–Crippen MR) is 80.0 cm³/mol. The Kier molecular flexibility index (Phi) is 5.00. The van der Waals surface area contributed by atoms with Crippen molar-refractivity contribution in [2.24, 2.45) is 0 Å². The Morgan fingerprint density at radius 1 is 1.10 bits per heavy atom. The lowest BCUT2D eigenvalue weighted by Gasteiger charge is -2.19. The van der Waals surface area contributed by atoms with Crippen molar-refractivity contribution in [2.75, 3.05) is 12.1 Å². The minimum Gasteiger partial charge on any atom is -0.448 e. The van der Waals surface area contributed by atoms with Gasteiger partial charge in [-0.25, -0.2) is 4.79 Å². The van der Waals surface area contributed by atoms with Crippen molar-refractivity contribution in [3.05, 3.63) is 22.3 Å². The van der Waals surface area contributed by atoms with Crippen molar-refractivity contribution in [3.8, 4) is 0 Å². The Labute approximate surface area is 133 Å². The molecule has 1 rings (SSSR count). The molecule has 0 unspecified atom stereocenters. The molecular weight excluding hydrogens is 321 g/mol. The summed E-state index contributed by atoms with van der Waals surface area (Å²) in [6.45, 7) is 7.28. The van der Waals surface area contributed by atoms with E-state index in [2.05, 4.69) is 4.74 Å². The van der Waals surface area contributed by atoms with Crippen LogP contribution in [0.4, 0.5) is 13.2 Å². The van der Waals surface area contributed by atoms with Crippen molar-refractivity contribution < 1.29 is 25.4 Å². The second-order valence-electron chi connectivity index (χ2n) is 4.44. The van der Waals surface area contributed by atoms with Crippen LogP contribution >= 0.6 is 23.5 Å². The quantitative estimate of drug-likeness (QED) is 0.447. The second kappa shape index (κ2) is 6.96. The maximum absolute atomic E-state index is 12.3. The molecule has 118 valence electrons. The van der Waals surface area contributed by atoms with Crippen LogP contribution in [0, 0.1) is 27.7 Å². The molecule has 0 radical (unpaired) electrons. The van der Waals surface area contributed by atoms with Gasteiger partial charge in [0.2, 0.25) is 0 Å². The molecule has 0 aliphatic heterocycles. The number of thioether (sulfide) groups is 2. The molecule has 0 aliphatic carbocycles. The number of carbonyl (C=O) groups is 1. The summed E-state index contributed by atoms with van der Waals surface area (Å²) in [4.78, 5) is 12.4. The summed E-state index contributed by atoms with van der Waals surface area (Å²) in [5.41, 5.74) is 3.38. The summed E-state index contributed by atoms with van der Waals surface area (Å²) >= 11 is 2.03. The van der Waals surface area contributed by atoms with Crippen LogP contribution in [0.2, 0.25) is 0 Å². The molecule has 0 bridgehead atoms. The van der Waals surface area contributed by atoms with Crippen LogP contribution in [0.25, 0.3) is 0 Å². The first-order valence-electron chi connectivity index (χ1n) is 6.95. The van der Waals surface area contributed by atoms with Gasteiger partial charge in [0.25, 0.3) is 0 Å². The number of alkyl halides is 3. The summed E-state index contributed by atoms with van der Waals surface area (Å²) in [7, 11) is 0. The van der Waals surface area contributed by atoms with Crippen molar-refractivity contribution in [1.29, 1.82) is 0 Å². The summed E-state index contributed by atoms with van der Waals surface area (Å²) in [6.07, 6.45) is -3.31. The number of ether oxygens (including phenoxy) is 1. The highest BCUT2D eigenvalue weighted by molar-refractivity contribution is 7.99. The maximum atomic E-state index is 12.3. The van der Waals surface area contributed by atoms with Gasteiger partial charge in [-0.15, -0.1) is 11.8 Å². The molecule has 21 heavy (non-hydrogen) atoms. The van der Waals surface area contributed by atoms with E-state index >= 15 is 0 Å². The third kappa shape index (κ3) is 4.10. The van der Waals surface area contributed by atoms with E-state index in [-0.39, 0.29) is 0 Å². The molecule has 0 fully saturated rings. The molecule has 0 saturated carbocycles. The molecular formula is C14H17F3O2S2. The number of carbonyl (C=O) groups excluding carboxylic acids is 1. The average molecular weight is 340 g/mol. The molecule has 0 amide bonds. The van der Waals surface area contributed by atoms with Crippen LogP contribution in [0.5, 0.6) is 0 Å². The van der Waals surface area contributed by atoms with E-state index in [0.717, 1.165) is 27.1 Å². The van der Waals surface area contributed by atoms with E-state index in [1.165, 1.54) is 0 Å². The minimum absolute atomic E-state index is 0.472. The van der Waals surface area contributed by atoms with Gasteiger partial charge in [0.15, 0.2) is 0 Å². The topological polar surface area (TPSA) is 26.3 Å². The zero-order valence-electron chi connectivity index (χ0n) is 14.3. The lowest BCUT2D eigenvalue weighted by atomic mass is 10.0. The molecule has 0 aliphatic rings. The number of halogens is 3. The number of hydrogen-bond donors (Lipinski definition) is 0. The Morgan fingerprint density at radius 2 is 1.52 bits per heavy atom. The van der Waals surface area contributed by atoms with Crippen LogP contribution in [-0.4, -0.2) is 24.3 Å². The number of esters is 1. The molecule has 1 aromatic carbocycles. The Bertz CT molecular complexity index is 602. The predicted octanol–water partition coefficient (Wildman–Crippen LogP) is 4.80. The Balaban J connectivity index is 3.21. The molecule has 2 nitrogen and oxygen atoms in total. The first kappa shape index (κ1) is 15.1. The van der Waals surface area contributed by atoms with Gasteiger partial charge in [-0.3, -0.25) is 0 Å². The van der Waals surface area contributed by atoms with Crippen LogP contribution in [-0.2, 0) is 9.53 Å². The van der Waals surface area contributed by atoms with Gasteiger partial charge in [0.1, 0.15) is 5.89 Å². The summed E-state index contributed by atoms with van der Waals surface area (Å²) in [6, 6.07) is 0. The highest BCUT2D eigenvalue weighted by atomic mass is 32.2. The van der Waals surface area contributed by atoms with Crippen LogP contribution in [0.3, 0.4) is 0 Å². The van der Waals surface area contributed by atoms with Gasteiger partial charge in [0.05, 0.1) is 2.74 Å².